The van der Waals surface area contributed by atoms with Crippen LogP contribution in [0.4, 0.5) is 10.6 Å². The van der Waals surface area contributed by atoms with Crippen molar-refractivity contribution in [3.05, 3.63) is 46.5 Å². The molecule has 3 aliphatic rings. The molecule has 0 bridgehead atoms. The largest absolute Gasteiger partial charge is 0.509 e. The van der Waals surface area contributed by atoms with Crippen molar-refractivity contribution in [3.8, 4) is 0 Å². The number of hydrogen-bond acceptors (Lipinski definition) is 12. The highest BCUT2D eigenvalue weighted by Crippen LogP contribution is 2.58. The van der Waals surface area contributed by atoms with E-state index in [0.717, 1.165) is 0 Å². The molecule has 6 rings (SSSR count). The third-order valence-corrected chi connectivity index (χ3v) is 8.32. The van der Waals surface area contributed by atoms with Crippen LogP contribution in [0.25, 0.3) is 11.2 Å². The average molecular weight is 572 g/mol. The van der Waals surface area contributed by atoms with E-state index < -0.39 is 44.1 Å². The Hall–Kier alpha value is -2.51. The number of benzene rings is 1. The maximum Gasteiger partial charge on any atom is 0.509 e. The van der Waals surface area contributed by atoms with Crippen LogP contribution in [-0.4, -0.2) is 56.7 Å². The number of phosphoric ester groups is 1. The SMILES string of the molecule is C[C@@]12OC(=O)O[C@@H]1[C@@H](COP1(=O)OCC[C@@H](c3cc(Cl)cc(Cl)c3)O1)O[C@H]2n1cnc2c(N)ncnc21. The fraction of sp³-hybridized carbons (Fsp3) is 0.429. The van der Waals surface area contributed by atoms with Gasteiger partial charge in [-0.25, -0.2) is 24.3 Å². The molecule has 0 radical (unpaired) electrons. The number of hydrogen-bond donors (Lipinski definition) is 1. The number of nitrogens with two attached hydrogens (primary N) is 1. The van der Waals surface area contributed by atoms with E-state index in [-0.39, 0.29) is 19.0 Å². The van der Waals surface area contributed by atoms with Crippen molar-refractivity contribution in [2.45, 2.75) is 43.5 Å². The Bertz CT molecular complexity index is 1420. The molecule has 3 aliphatic heterocycles. The summed E-state index contributed by atoms with van der Waals surface area (Å²) in [6.07, 6.45) is -1.04. The zero-order valence-corrected chi connectivity index (χ0v) is 21.6. The zero-order valence-electron chi connectivity index (χ0n) is 19.2. The lowest BCUT2D eigenvalue weighted by molar-refractivity contribution is -0.0925. The monoisotopic (exact) mass is 571 g/mol. The van der Waals surface area contributed by atoms with E-state index in [4.69, 9.17) is 56.7 Å². The average Bonchev–Trinajstić information content (AvgIpc) is 3.47. The third kappa shape index (κ3) is 4.34. The lowest BCUT2D eigenvalue weighted by atomic mass is 9.96. The van der Waals surface area contributed by atoms with E-state index in [2.05, 4.69) is 15.0 Å². The number of carbonyl (C=O) groups is 1. The number of imidazole rings is 1. The number of rotatable bonds is 5. The molecule has 196 valence electrons. The number of phosphoric acid groups is 1. The number of nitrogen functional groups attached to an aromatic ring is 1. The minimum Gasteiger partial charge on any atom is -0.424 e. The molecule has 37 heavy (non-hydrogen) atoms. The molecule has 13 nitrogen and oxygen atoms in total. The molecule has 5 heterocycles. The van der Waals surface area contributed by atoms with Crippen LogP contribution in [0.15, 0.2) is 30.9 Å². The maximum absolute atomic E-state index is 13.3. The van der Waals surface area contributed by atoms with Crippen LogP contribution in [0.2, 0.25) is 10.0 Å². The molecule has 0 amide bonds. The van der Waals surface area contributed by atoms with Gasteiger partial charge in [-0.15, -0.1) is 0 Å². The summed E-state index contributed by atoms with van der Waals surface area (Å²) in [6, 6.07) is 4.93. The van der Waals surface area contributed by atoms with Crippen LogP contribution < -0.4 is 5.73 Å². The van der Waals surface area contributed by atoms with Crippen LogP contribution in [0, 0.1) is 0 Å². The van der Waals surface area contributed by atoms with Gasteiger partial charge in [0.05, 0.1) is 25.6 Å². The first-order valence-electron chi connectivity index (χ1n) is 11.2. The Labute approximate surface area is 219 Å². The molecule has 3 fully saturated rings. The van der Waals surface area contributed by atoms with E-state index in [1.807, 2.05) is 0 Å². The second-order valence-electron chi connectivity index (χ2n) is 8.85. The summed E-state index contributed by atoms with van der Waals surface area (Å²) in [5.41, 5.74) is 5.99. The minimum atomic E-state index is -4.02. The normalized spacial score (nSPS) is 33.3. The highest BCUT2D eigenvalue weighted by molar-refractivity contribution is 7.48. The summed E-state index contributed by atoms with van der Waals surface area (Å²) < 4.78 is 48.7. The second-order valence-corrected chi connectivity index (χ2v) is 11.3. The van der Waals surface area contributed by atoms with E-state index in [1.165, 1.54) is 12.7 Å². The topological polar surface area (TPSA) is 159 Å². The molecule has 6 atom stereocenters. The highest BCUT2D eigenvalue weighted by Gasteiger charge is 2.64. The van der Waals surface area contributed by atoms with Crippen molar-refractivity contribution in [2.24, 2.45) is 0 Å². The summed E-state index contributed by atoms with van der Waals surface area (Å²) in [5, 5.41) is 0.834. The minimum absolute atomic E-state index is 0.113. The first kappa shape index (κ1) is 24.8. The lowest BCUT2D eigenvalue weighted by Gasteiger charge is -2.30. The van der Waals surface area contributed by atoms with Crippen LogP contribution >= 0.6 is 31.0 Å². The Kier molecular flexibility index (Phi) is 6.07. The number of nitrogens with zero attached hydrogens (tertiary/aromatic N) is 4. The fourth-order valence-corrected chi connectivity index (χ4v) is 6.67. The molecular formula is C21H20Cl2N5O8P. The van der Waals surface area contributed by atoms with Gasteiger partial charge >= 0.3 is 14.0 Å². The third-order valence-electron chi connectivity index (χ3n) is 6.40. The lowest BCUT2D eigenvalue weighted by Crippen LogP contribution is -2.42. The predicted octanol–water partition coefficient (Wildman–Crippen LogP) is 4.21. The first-order chi connectivity index (χ1) is 17.6. The van der Waals surface area contributed by atoms with Crippen LogP contribution in [0.1, 0.15) is 31.2 Å². The predicted molar refractivity (Wildman–Crippen MR) is 128 cm³/mol. The van der Waals surface area contributed by atoms with Gasteiger partial charge in [-0.05, 0) is 30.7 Å². The fourth-order valence-electron chi connectivity index (χ4n) is 4.73. The Morgan fingerprint density at radius 3 is 2.81 bits per heavy atom. The number of halogens is 2. The highest BCUT2D eigenvalue weighted by atomic mass is 35.5. The van der Waals surface area contributed by atoms with Crippen LogP contribution in [0.3, 0.4) is 0 Å². The molecule has 1 aromatic carbocycles. The van der Waals surface area contributed by atoms with Crippen molar-refractivity contribution in [3.63, 3.8) is 0 Å². The van der Waals surface area contributed by atoms with Crippen molar-refractivity contribution >= 4 is 54.2 Å². The van der Waals surface area contributed by atoms with Crippen molar-refractivity contribution in [2.75, 3.05) is 18.9 Å². The second kappa shape index (κ2) is 9.05. The zero-order chi connectivity index (χ0) is 25.9. The van der Waals surface area contributed by atoms with Gasteiger partial charge in [0.15, 0.2) is 29.4 Å². The molecular weight excluding hydrogens is 552 g/mol. The molecule has 2 aromatic heterocycles. The Morgan fingerprint density at radius 1 is 1.24 bits per heavy atom. The molecule has 16 heteroatoms. The number of carbonyl (C=O) groups excluding carboxylic acids is 1. The molecule has 3 aromatic rings. The van der Waals surface area contributed by atoms with E-state index in [1.54, 1.807) is 29.7 Å². The number of ether oxygens (including phenoxy) is 3. The molecule has 3 saturated heterocycles. The number of anilines is 1. The summed E-state index contributed by atoms with van der Waals surface area (Å²) in [7, 11) is -4.02. The summed E-state index contributed by atoms with van der Waals surface area (Å²) in [6.45, 7) is 1.47. The van der Waals surface area contributed by atoms with Gasteiger partial charge in [-0.2, -0.15) is 0 Å². The Morgan fingerprint density at radius 2 is 2.03 bits per heavy atom. The summed E-state index contributed by atoms with van der Waals surface area (Å²) in [5.74, 6) is 0.184. The molecule has 0 aliphatic carbocycles. The number of aromatic nitrogens is 4. The van der Waals surface area contributed by atoms with Gasteiger partial charge < -0.3 is 19.9 Å². The van der Waals surface area contributed by atoms with E-state index in [0.29, 0.717) is 33.2 Å². The maximum atomic E-state index is 13.3. The van der Waals surface area contributed by atoms with Gasteiger partial charge in [0, 0.05) is 16.5 Å². The van der Waals surface area contributed by atoms with Crippen molar-refractivity contribution in [1.82, 2.24) is 19.5 Å². The van der Waals surface area contributed by atoms with Gasteiger partial charge in [-0.3, -0.25) is 18.1 Å². The molecule has 0 spiro atoms. The van der Waals surface area contributed by atoms with Crippen molar-refractivity contribution in [1.29, 1.82) is 0 Å². The molecule has 0 saturated carbocycles. The van der Waals surface area contributed by atoms with Gasteiger partial charge in [0.25, 0.3) is 0 Å². The summed E-state index contributed by atoms with van der Waals surface area (Å²) >= 11 is 12.2. The summed E-state index contributed by atoms with van der Waals surface area (Å²) in [4.78, 5) is 24.5. The van der Waals surface area contributed by atoms with Gasteiger partial charge in [-0.1, -0.05) is 23.2 Å². The van der Waals surface area contributed by atoms with Crippen LogP contribution in [0.5, 0.6) is 0 Å². The first-order valence-corrected chi connectivity index (χ1v) is 13.4. The van der Waals surface area contributed by atoms with Gasteiger partial charge in [0.1, 0.15) is 17.9 Å². The van der Waals surface area contributed by atoms with E-state index in [9.17, 15) is 9.36 Å². The van der Waals surface area contributed by atoms with Crippen LogP contribution in [-0.2, 0) is 32.3 Å². The quantitative estimate of drug-likeness (QED) is 0.343. The Balaban J connectivity index is 1.22. The standard InChI is InChI=1S/C21H20Cl2N5O8P/c1-21-16(34-20(29)35-21)14(33-19(21)28-9-27-15-17(24)25-8-26-18(15)28)7-32-37(30)31-3-2-13(36-37)10-4-11(22)6-12(23)5-10/h4-6,8-9,13-14,16,19H,2-3,7H2,1H3,(H2,24,25,26)/t13-,14+,16+,19+,21+,37?/m0/s1. The molecule has 2 N–H and O–H groups in total. The number of fused-ring (bicyclic) bond motifs is 2. The molecule has 1 unspecified atom stereocenters. The van der Waals surface area contributed by atoms with Crippen molar-refractivity contribution < 1.29 is 37.1 Å². The smallest absolute Gasteiger partial charge is 0.424 e. The van der Waals surface area contributed by atoms with E-state index >= 15 is 0 Å². The van der Waals surface area contributed by atoms with Gasteiger partial charge in [0.2, 0.25) is 0 Å².